The summed E-state index contributed by atoms with van der Waals surface area (Å²) in [6.07, 6.45) is 1.61. The number of hydrogen-bond acceptors (Lipinski definition) is 3. The summed E-state index contributed by atoms with van der Waals surface area (Å²) in [5.74, 6) is 0. The van der Waals surface area contributed by atoms with E-state index in [0.717, 1.165) is 22.2 Å². The van der Waals surface area contributed by atoms with E-state index in [1.165, 1.54) is 16.9 Å². The molecule has 0 saturated heterocycles. The molecule has 0 fully saturated rings. The van der Waals surface area contributed by atoms with E-state index in [-0.39, 0.29) is 5.56 Å². The van der Waals surface area contributed by atoms with Crippen molar-refractivity contribution in [3.63, 3.8) is 0 Å². The van der Waals surface area contributed by atoms with Gasteiger partial charge in [0.25, 0.3) is 5.56 Å². The predicted molar refractivity (Wildman–Crippen MR) is 105 cm³/mol. The van der Waals surface area contributed by atoms with Crippen molar-refractivity contribution in [3.05, 3.63) is 86.7 Å². The zero-order valence-corrected chi connectivity index (χ0v) is 15.1. The van der Waals surface area contributed by atoms with Gasteiger partial charge in [-0.05, 0) is 24.1 Å². The lowest BCUT2D eigenvalue weighted by Crippen LogP contribution is -2.20. The third kappa shape index (κ3) is 2.99. The van der Waals surface area contributed by atoms with Crippen molar-refractivity contribution in [3.8, 4) is 11.1 Å². The minimum Gasteiger partial charge on any atom is -0.293 e. The number of rotatable bonds is 3. The Hall–Kier alpha value is -2.43. The number of nitrogens with zero attached hydrogens (tertiary/aromatic N) is 2. The van der Waals surface area contributed by atoms with Gasteiger partial charge in [0.1, 0.15) is 4.70 Å². The first-order valence-corrected chi connectivity index (χ1v) is 9.16. The largest absolute Gasteiger partial charge is 0.293 e. The number of halogens is 1. The fourth-order valence-electron chi connectivity index (χ4n) is 2.80. The summed E-state index contributed by atoms with van der Waals surface area (Å²) in [5, 5.41) is 2.66. The van der Waals surface area contributed by atoms with Gasteiger partial charge in [-0.3, -0.25) is 9.36 Å². The average Bonchev–Trinajstić information content (AvgIpc) is 3.05. The van der Waals surface area contributed by atoms with Gasteiger partial charge in [-0.15, -0.1) is 11.3 Å². The van der Waals surface area contributed by atoms with Gasteiger partial charge in [-0.25, -0.2) is 4.98 Å². The standard InChI is InChI=1S/C20H15ClN2OS/c1-13-6-8-14(9-7-13)16-11-25-19-18(16)22-12-23(20(19)24)10-15-4-2-3-5-17(15)21/h2-9,11-12H,10H2,1H3. The van der Waals surface area contributed by atoms with E-state index in [1.54, 1.807) is 10.9 Å². The predicted octanol–water partition coefficient (Wildman–Crippen LogP) is 5.14. The maximum Gasteiger partial charge on any atom is 0.271 e. The van der Waals surface area contributed by atoms with E-state index in [9.17, 15) is 4.79 Å². The maximum atomic E-state index is 12.8. The van der Waals surface area contributed by atoms with E-state index in [4.69, 9.17) is 11.6 Å². The Morgan fingerprint density at radius 2 is 1.88 bits per heavy atom. The summed E-state index contributed by atoms with van der Waals surface area (Å²) in [6.45, 7) is 2.47. The molecule has 0 amide bonds. The number of benzene rings is 2. The molecule has 0 bridgehead atoms. The lowest BCUT2D eigenvalue weighted by Gasteiger charge is -2.07. The van der Waals surface area contributed by atoms with Gasteiger partial charge in [-0.1, -0.05) is 59.6 Å². The van der Waals surface area contributed by atoms with E-state index < -0.39 is 0 Å². The lowest BCUT2D eigenvalue weighted by molar-refractivity contribution is 0.750. The smallest absolute Gasteiger partial charge is 0.271 e. The van der Waals surface area contributed by atoms with Gasteiger partial charge in [0.05, 0.1) is 18.4 Å². The topological polar surface area (TPSA) is 34.9 Å². The molecule has 4 rings (SSSR count). The molecule has 2 aromatic carbocycles. The molecule has 0 spiro atoms. The first kappa shape index (κ1) is 16.1. The van der Waals surface area contributed by atoms with Gasteiger partial charge in [0, 0.05) is 16.0 Å². The molecule has 124 valence electrons. The molecule has 4 aromatic rings. The Kier molecular flexibility index (Phi) is 4.15. The number of aromatic nitrogens is 2. The molecule has 0 aliphatic carbocycles. The molecular formula is C20H15ClN2OS. The minimum atomic E-state index is -0.0340. The summed E-state index contributed by atoms with van der Waals surface area (Å²) >= 11 is 7.65. The van der Waals surface area contributed by atoms with Gasteiger partial charge in [0.2, 0.25) is 0 Å². The SMILES string of the molecule is Cc1ccc(-c2csc3c(=O)n(Cc4ccccc4Cl)cnc23)cc1. The molecule has 0 saturated carbocycles. The molecule has 0 atom stereocenters. The monoisotopic (exact) mass is 366 g/mol. The Balaban J connectivity index is 1.78. The third-order valence-corrected chi connectivity index (χ3v) is 5.53. The summed E-state index contributed by atoms with van der Waals surface area (Å²) in [6, 6.07) is 15.8. The van der Waals surface area contributed by atoms with Crippen LogP contribution < -0.4 is 5.56 Å². The summed E-state index contributed by atoms with van der Waals surface area (Å²) in [5.41, 5.74) is 4.92. The van der Waals surface area contributed by atoms with Gasteiger partial charge >= 0.3 is 0 Å². The van der Waals surface area contributed by atoms with Crippen molar-refractivity contribution in [2.45, 2.75) is 13.5 Å². The van der Waals surface area contributed by atoms with Crippen LogP contribution in [-0.4, -0.2) is 9.55 Å². The van der Waals surface area contributed by atoms with Crippen LogP contribution in [-0.2, 0) is 6.54 Å². The van der Waals surface area contributed by atoms with Crippen LogP contribution in [0.15, 0.2) is 65.0 Å². The zero-order chi connectivity index (χ0) is 17.4. The van der Waals surface area contributed by atoms with Crippen LogP contribution in [0, 0.1) is 6.92 Å². The maximum absolute atomic E-state index is 12.8. The van der Waals surface area contributed by atoms with Crippen molar-refractivity contribution in [1.29, 1.82) is 0 Å². The van der Waals surface area contributed by atoms with Crippen molar-refractivity contribution in [2.75, 3.05) is 0 Å². The highest BCUT2D eigenvalue weighted by Gasteiger charge is 2.13. The summed E-state index contributed by atoms with van der Waals surface area (Å²) in [7, 11) is 0. The highest BCUT2D eigenvalue weighted by atomic mass is 35.5. The molecule has 2 heterocycles. The first-order valence-electron chi connectivity index (χ1n) is 7.90. The third-order valence-electron chi connectivity index (χ3n) is 4.21. The Morgan fingerprint density at radius 1 is 1.12 bits per heavy atom. The van der Waals surface area contributed by atoms with Gasteiger partial charge in [-0.2, -0.15) is 0 Å². The molecule has 0 radical (unpaired) electrons. The van der Waals surface area contributed by atoms with Crippen molar-refractivity contribution >= 4 is 33.2 Å². The van der Waals surface area contributed by atoms with Crippen LogP contribution in [0.25, 0.3) is 21.3 Å². The zero-order valence-electron chi connectivity index (χ0n) is 13.6. The molecule has 25 heavy (non-hydrogen) atoms. The highest BCUT2D eigenvalue weighted by Crippen LogP contribution is 2.31. The molecule has 2 aromatic heterocycles. The Labute approximate surface area is 154 Å². The average molecular weight is 367 g/mol. The second-order valence-corrected chi connectivity index (χ2v) is 7.25. The van der Waals surface area contributed by atoms with Crippen LogP contribution in [0.3, 0.4) is 0 Å². The molecule has 0 unspecified atom stereocenters. The van der Waals surface area contributed by atoms with Crippen LogP contribution in [0.1, 0.15) is 11.1 Å². The van der Waals surface area contributed by atoms with Crippen molar-refractivity contribution in [2.24, 2.45) is 0 Å². The van der Waals surface area contributed by atoms with Crippen LogP contribution in [0.2, 0.25) is 5.02 Å². The lowest BCUT2D eigenvalue weighted by atomic mass is 10.1. The van der Waals surface area contributed by atoms with E-state index in [0.29, 0.717) is 16.3 Å². The molecule has 0 N–H and O–H groups in total. The summed E-state index contributed by atoms with van der Waals surface area (Å²) in [4.78, 5) is 17.4. The number of fused-ring (bicyclic) bond motifs is 1. The van der Waals surface area contributed by atoms with Crippen LogP contribution >= 0.6 is 22.9 Å². The van der Waals surface area contributed by atoms with Gasteiger partial charge < -0.3 is 0 Å². The van der Waals surface area contributed by atoms with Gasteiger partial charge in [0.15, 0.2) is 0 Å². The minimum absolute atomic E-state index is 0.0340. The van der Waals surface area contributed by atoms with Crippen molar-refractivity contribution in [1.82, 2.24) is 9.55 Å². The molecule has 0 aliphatic heterocycles. The molecular weight excluding hydrogens is 352 g/mol. The van der Waals surface area contributed by atoms with Crippen LogP contribution in [0.5, 0.6) is 0 Å². The Morgan fingerprint density at radius 3 is 2.64 bits per heavy atom. The highest BCUT2D eigenvalue weighted by molar-refractivity contribution is 7.17. The van der Waals surface area contributed by atoms with E-state index in [2.05, 4.69) is 36.2 Å². The number of aryl methyl sites for hydroxylation is 1. The first-order chi connectivity index (χ1) is 12.1. The quantitative estimate of drug-likeness (QED) is 0.503. The Bertz CT molecular complexity index is 1110. The molecule has 0 aliphatic rings. The second kappa shape index (κ2) is 6.47. The fourth-order valence-corrected chi connectivity index (χ4v) is 3.97. The normalized spacial score (nSPS) is 11.1. The summed E-state index contributed by atoms with van der Waals surface area (Å²) < 4.78 is 2.28. The molecule has 3 nitrogen and oxygen atoms in total. The second-order valence-electron chi connectivity index (χ2n) is 5.96. The van der Waals surface area contributed by atoms with E-state index >= 15 is 0 Å². The number of hydrogen-bond donors (Lipinski definition) is 0. The van der Waals surface area contributed by atoms with Crippen LogP contribution in [0.4, 0.5) is 0 Å². The number of thiophene rings is 1. The van der Waals surface area contributed by atoms with E-state index in [1.807, 2.05) is 29.6 Å². The fraction of sp³-hybridized carbons (Fsp3) is 0.100. The van der Waals surface area contributed by atoms with Crippen molar-refractivity contribution < 1.29 is 0 Å². The molecule has 5 heteroatoms.